The SMILES string of the molecule is CCOc1nc(NC2=C(OC)CCC(C)=C2)ncc1Cl. The van der Waals surface area contributed by atoms with E-state index < -0.39 is 0 Å². The molecule has 1 aliphatic carbocycles. The van der Waals surface area contributed by atoms with E-state index in [1.165, 1.54) is 11.8 Å². The lowest BCUT2D eigenvalue weighted by Gasteiger charge is -2.18. The van der Waals surface area contributed by atoms with Crippen molar-refractivity contribution < 1.29 is 9.47 Å². The van der Waals surface area contributed by atoms with Crippen LogP contribution in [0.1, 0.15) is 26.7 Å². The van der Waals surface area contributed by atoms with Gasteiger partial charge >= 0.3 is 0 Å². The van der Waals surface area contributed by atoms with Crippen molar-refractivity contribution in [1.29, 1.82) is 0 Å². The first-order valence-electron chi connectivity index (χ1n) is 6.50. The Hall–Kier alpha value is -1.75. The van der Waals surface area contributed by atoms with Crippen LogP contribution in [0.15, 0.2) is 29.3 Å². The Balaban J connectivity index is 2.25. The minimum Gasteiger partial charge on any atom is -0.499 e. The van der Waals surface area contributed by atoms with Gasteiger partial charge in [0.15, 0.2) is 0 Å². The van der Waals surface area contributed by atoms with Crippen LogP contribution in [0.3, 0.4) is 0 Å². The van der Waals surface area contributed by atoms with Crippen molar-refractivity contribution in [2.24, 2.45) is 0 Å². The van der Waals surface area contributed by atoms with Gasteiger partial charge in [-0.2, -0.15) is 4.98 Å². The van der Waals surface area contributed by atoms with Crippen LogP contribution in [0.4, 0.5) is 5.95 Å². The summed E-state index contributed by atoms with van der Waals surface area (Å²) in [7, 11) is 1.67. The summed E-state index contributed by atoms with van der Waals surface area (Å²) in [5.41, 5.74) is 2.16. The molecule has 0 bridgehead atoms. The van der Waals surface area contributed by atoms with Crippen molar-refractivity contribution in [3.63, 3.8) is 0 Å². The van der Waals surface area contributed by atoms with Crippen LogP contribution in [0.25, 0.3) is 0 Å². The molecule has 0 unspecified atom stereocenters. The molecular weight excluding hydrogens is 278 g/mol. The smallest absolute Gasteiger partial charge is 0.237 e. The first kappa shape index (κ1) is 14.7. The van der Waals surface area contributed by atoms with Gasteiger partial charge in [-0.1, -0.05) is 17.2 Å². The van der Waals surface area contributed by atoms with Gasteiger partial charge in [0.2, 0.25) is 11.8 Å². The third-order valence-electron chi connectivity index (χ3n) is 2.92. The maximum Gasteiger partial charge on any atom is 0.237 e. The van der Waals surface area contributed by atoms with Gasteiger partial charge in [0.05, 0.1) is 25.6 Å². The lowest BCUT2D eigenvalue weighted by atomic mass is 10.0. The van der Waals surface area contributed by atoms with Crippen LogP contribution in [0.5, 0.6) is 5.88 Å². The Labute approximate surface area is 123 Å². The van der Waals surface area contributed by atoms with Crippen molar-refractivity contribution in [2.75, 3.05) is 19.0 Å². The summed E-state index contributed by atoms with van der Waals surface area (Å²) in [5, 5.41) is 3.55. The summed E-state index contributed by atoms with van der Waals surface area (Å²) < 4.78 is 10.7. The Morgan fingerprint density at radius 2 is 2.20 bits per heavy atom. The predicted molar refractivity (Wildman–Crippen MR) is 78.9 cm³/mol. The van der Waals surface area contributed by atoms with Gasteiger partial charge in [-0.3, -0.25) is 0 Å². The van der Waals surface area contributed by atoms with E-state index in [1.807, 2.05) is 13.0 Å². The molecule has 0 saturated heterocycles. The molecule has 0 aliphatic heterocycles. The maximum atomic E-state index is 5.97. The number of anilines is 1. The average molecular weight is 296 g/mol. The number of hydrogen-bond acceptors (Lipinski definition) is 5. The van der Waals surface area contributed by atoms with E-state index in [9.17, 15) is 0 Å². The summed E-state index contributed by atoms with van der Waals surface area (Å²) in [6.07, 6.45) is 5.43. The van der Waals surface area contributed by atoms with Crippen LogP contribution < -0.4 is 10.1 Å². The highest BCUT2D eigenvalue weighted by Crippen LogP contribution is 2.26. The second-order valence-electron chi connectivity index (χ2n) is 4.44. The molecule has 1 heterocycles. The normalized spacial score (nSPS) is 14.9. The molecule has 5 nitrogen and oxygen atoms in total. The maximum absolute atomic E-state index is 5.97. The van der Waals surface area contributed by atoms with Crippen molar-refractivity contribution in [1.82, 2.24) is 9.97 Å². The van der Waals surface area contributed by atoms with Crippen LogP contribution in [0, 0.1) is 0 Å². The number of allylic oxidation sites excluding steroid dienone is 3. The van der Waals surface area contributed by atoms with E-state index in [2.05, 4.69) is 22.2 Å². The van der Waals surface area contributed by atoms with E-state index in [0.29, 0.717) is 23.5 Å². The largest absolute Gasteiger partial charge is 0.499 e. The third-order valence-corrected chi connectivity index (χ3v) is 3.18. The Morgan fingerprint density at radius 1 is 1.40 bits per heavy atom. The minimum absolute atomic E-state index is 0.378. The molecule has 2 rings (SSSR count). The number of ether oxygens (including phenoxy) is 2. The molecule has 20 heavy (non-hydrogen) atoms. The fourth-order valence-electron chi connectivity index (χ4n) is 1.93. The fraction of sp³-hybridized carbons (Fsp3) is 0.429. The van der Waals surface area contributed by atoms with Crippen LogP contribution in [0.2, 0.25) is 5.02 Å². The Morgan fingerprint density at radius 3 is 2.90 bits per heavy atom. The summed E-state index contributed by atoms with van der Waals surface area (Å²) in [4.78, 5) is 8.41. The number of halogens is 1. The van der Waals surface area contributed by atoms with Gasteiger partial charge in [-0.05, 0) is 26.3 Å². The average Bonchev–Trinajstić information content (AvgIpc) is 2.43. The third kappa shape index (κ3) is 3.42. The van der Waals surface area contributed by atoms with Crippen molar-refractivity contribution in [2.45, 2.75) is 26.7 Å². The lowest BCUT2D eigenvalue weighted by Crippen LogP contribution is -2.10. The van der Waals surface area contributed by atoms with Crippen molar-refractivity contribution in [3.05, 3.63) is 34.3 Å². The lowest BCUT2D eigenvalue weighted by molar-refractivity contribution is 0.272. The molecule has 0 fully saturated rings. The molecule has 1 aromatic heterocycles. The first-order valence-corrected chi connectivity index (χ1v) is 6.88. The van der Waals surface area contributed by atoms with E-state index in [0.717, 1.165) is 24.3 Å². The number of rotatable bonds is 5. The molecule has 1 aliphatic rings. The van der Waals surface area contributed by atoms with E-state index in [1.54, 1.807) is 7.11 Å². The van der Waals surface area contributed by atoms with Crippen LogP contribution >= 0.6 is 11.6 Å². The van der Waals surface area contributed by atoms with Crippen LogP contribution in [-0.2, 0) is 4.74 Å². The van der Waals surface area contributed by atoms with Crippen molar-refractivity contribution in [3.8, 4) is 5.88 Å². The molecule has 0 spiro atoms. The standard InChI is InChI=1S/C14H18ClN3O2/c1-4-20-13-10(15)8-16-14(18-13)17-11-7-9(2)5-6-12(11)19-3/h7-8H,4-6H2,1-3H3,(H,16,17,18). The fourth-order valence-corrected chi connectivity index (χ4v) is 2.08. The predicted octanol–water partition coefficient (Wildman–Crippen LogP) is 3.54. The summed E-state index contributed by atoms with van der Waals surface area (Å²) in [6, 6.07) is 0. The second-order valence-corrected chi connectivity index (χ2v) is 4.84. The van der Waals surface area contributed by atoms with Gasteiger partial charge in [0.1, 0.15) is 10.8 Å². The molecule has 1 N–H and O–H groups in total. The molecule has 0 atom stereocenters. The molecular formula is C14H18ClN3O2. The monoisotopic (exact) mass is 295 g/mol. The molecule has 108 valence electrons. The molecule has 0 saturated carbocycles. The zero-order valence-electron chi connectivity index (χ0n) is 11.9. The summed E-state index contributed by atoms with van der Waals surface area (Å²) in [6.45, 7) is 4.47. The van der Waals surface area contributed by atoms with Gasteiger partial charge in [0, 0.05) is 6.42 Å². The first-order chi connectivity index (χ1) is 9.63. The number of aromatic nitrogens is 2. The Kier molecular flexibility index (Phi) is 4.84. The molecule has 0 radical (unpaired) electrons. The second kappa shape index (κ2) is 6.61. The quantitative estimate of drug-likeness (QED) is 0.900. The molecule has 1 aromatic rings. The molecule has 0 aromatic carbocycles. The highest BCUT2D eigenvalue weighted by atomic mass is 35.5. The number of nitrogens with zero attached hydrogens (tertiary/aromatic N) is 2. The van der Waals surface area contributed by atoms with Crippen molar-refractivity contribution >= 4 is 17.5 Å². The van der Waals surface area contributed by atoms with Gasteiger partial charge in [-0.15, -0.1) is 0 Å². The highest BCUT2D eigenvalue weighted by molar-refractivity contribution is 6.31. The van der Waals surface area contributed by atoms with E-state index >= 15 is 0 Å². The highest BCUT2D eigenvalue weighted by Gasteiger charge is 2.14. The number of nitrogens with one attached hydrogen (secondary N) is 1. The zero-order valence-corrected chi connectivity index (χ0v) is 12.6. The van der Waals surface area contributed by atoms with Gasteiger partial charge < -0.3 is 14.8 Å². The number of methoxy groups -OCH3 is 1. The van der Waals surface area contributed by atoms with E-state index in [4.69, 9.17) is 21.1 Å². The summed E-state index contributed by atoms with van der Waals surface area (Å²) in [5.74, 6) is 1.71. The zero-order chi connectivity index (χ0) is 14.5. The van der Waals surface area contributed by atoms with E-state index in [-0.39, 0.29) is 0 Å². The summed E-state index contributed by atoms with van der Waals surface area (Å²) >= 11 is 5.97. The molecule has 0 amide bonds. The molecule has 6 heteroatoms. The topological polar surface area (TPSA) is 56.3 Å². The number of hydrogen-bond donors (Lipinski definition) is 1. The minimum atomic E-state index is 0.378. The van der Waals surface area contributed by atoms with Gasteiger partial charge in [-0.25, -0.2) is 4.98 Å². The van der Waals surface area contributed by atoms with Crippen LogP contribution in [-0.4, -0.2) is 23.7 Å². The Bertz CT molecular complexity index is 555. The van der Waals surface area contributed by atoms with Gasteiger partial charge in [0.25, 0.3) is 0 Å².